The lowest BCUT2D eigenvalue weighted by molar-refractivity contribution is 0.373. The summed E-state index contributed by atoms with van der Waals surface area (Å²) in [6.45, 7) is 2.63. The van der Waals surface area contributed by atoms with E-state index in [-0.39, 0.29) is 5.82 Å². The Hall–Kier alpha value is -1.56. The molecule has 96 valence electrons. The molecule has 0 radical (unpaired) electrons. The monoisotopic (exact) mass is 246 g/mol. The van der Waals surface area contributed by atoms with E-state index in [4.69, 9.17) is 5.26 Å². The molecule has 1 aromatic carbocycles. The van der Waals surface area contributed by atoms with Gasteiger partial charge in [0.05, 0.1) is 11.6 Å². The Bertz CT molecular complexity index is 456. The molecular formula is C15H19FN2. The molecule has 1 saturated carbocycles. The quantitative estimate of drug-likeness (QED) is 0.875. The van der Waals surface area contributed by atoms with Crippen LogP contribution in [0.15, 0.2) is 12.1 Å². The third-order valence-electron chi connectivity index (χ3n) is 3.78. The van der Waals surface area contributed by atoms with E-state index in [9.17, 15) is 4.39 Å². The second-order valence-electron chi connectivity index (χ2n) is 5.13. The number of nitrogens with zero attached hydrogens (tertiary/aromatic N) is 1. The molecule has 18 heavy (non-hydrogen) atoms. The Morgan fingerprint density at radius 3 is 2.72 bits per heavy atom. The van der Waals surface area contributed by atoms with Gasteiger partial charge in [-0.25, -0.2) is 4.39 Å². The largest absolute Gasteiger partial charge is 0.384 e. The summed E-state index contributed by atoms with van der Waals surface area (Å²) in [7, 11) is 0. The molecule has 0 atom stereocenters. The van der Waals surface area contributed by atoms with Crippen LogP contribution < -0.4 is 5.32 Å². The topological polar surface area (TPSA) is 35.8 Å². The van der Waals surface area contributed by atoms with Gasteiger partial charge in [0.25, 0.3) is 0 Å². The number of benzene rings is 1. The van der Waals surface area contributed by atoms with Crippen molar-refractivity contribution in [2.45, 2.75) is 39.0 Å². The van der Waals surface area contributed by atoms with Crippen molar-refractivity contribution in [2.75, 3.05) is 11.9 Å². The molecule has 0 aliphatic heterocycles. The van der Waals surface area contributed by atoms with Crippen molar-refractivity contribution in [3.8, 4) is 6.07 Å². The molecule has 0 unspecified atom stereocenters. The summed E-state index contributed by atoms with van der Waals surface area (Å²) in [5.41, 5.74) is 1.74. The van der Waals surface area contributed by atoms with E-state index in [2.05, 4.69) is 5.32 Å². The number of nitrogens with one attached hydrogen (secondary N) is 1. The van der Waals surface area contributed by atoms with Gasteiger partial charge in [0.15, 0.2) is 0 Å². The highest BCUT2D eigenvalue weighted by Gasteiger charge is 2.14. The average Bonchev–Trinajstić information content (AvgIpc) is 2.41. The van der Waals surface area contributed by atoms with Gasteiger partial charge >= 0.3 is 0 Å². The Morgan fingerprint density at radius 2 is 2.06 bits per heavy atom. The average molecular weight is 246 g/mol. The van der Waals surface area contributed by atoms with E-state index in [0.29, 0.717) is 17.0 Å². The Kier molecular flexibility index (Phi) is 4.19. The molecule has 1 aromatic rings. The van der Waals surface area contributed by atoms with Crippen molar-refractivity contribution >= 4 is 5.69 Å². The summed E-state index contributed by atoms with van der Waals surface area (Å²) in [5, 5.41) is 12.2. The van der Waals surface area contributed by atoms with Gasteiger partial charge < -0.3 is 5.32 Å². The maximum Gasteiger partial charge on any atom is 0.129 e. The first-order valence-electron chi connectivity index (χ1n) is 6.65. The van der Waals surface area contributed by atoms with Crippen LogP contribution in [0.2, 0.25) is 0 Å². The first-order chi connectivity index (χ1) is 8.70. The first kappa shape index (κ1) is 12.9. The number of halogens is 1. The van der Waals surface area contributed by atoms with Gasteiger partial charge in [0.1, 0.15) is 5.82 Å². The molecule has 1 fully saturated rings. The molecule has 1 N–H and O–H groups in total. The van der Waals surface area contributed by atoms with Crippen molar-refractivity contribution < 1.29 is 4.39 Å². The first-order valence-corrected chi connectivity index (χ1v) is 6.65. The van der Waals surface area contributed by atoms with E-state index in [1.807, 2.05) is 6.07 Å². The van der Waals surface area contributed by atoms with Gasteiger partial charge in [-0.15, -0.1) is 0 Å². The van der Waals surface area contributed by atoms with Gasteiger partial charge in [0.2, 0.25) is 0 Å². The summed E-state index contributed by atoms with van der Waals surface area (Å²) in [4.78, 5) is 0. The van der Waals surface area contributed by atoms with E-state index in [1.165, 1.54) is 38.2 Å². The zero-order valence-electron chi connectivity index (χ0n) is 10.8. The lowest BCUT2D eigenvalue weighted by Crippen LogP contribution is -2.17. The SMILES string of the molecule is Cc1c(F)cc(C#N)cc1NCC1CCCCC1. The summed E-state index contributed by atoms with van der Waals surface area (Å²) in [6, 6.07) is 5.02. The van der Waals surface area contributed by atoms with E-state index in [1.54, 1.807) is 13.0 Å². The molecule has 0 heterocycles. The minimum Gasteiger partial charge on any atom is -0.384 e. The van der Waals surface area contributed by atoms with Gasteiger partial charge in [-0.2, -0.15) is 5.26 Å². The maximum atomic E-state index is 13.6. The lowest BCUT2D eigenvalue weighted by Gasteiger charge is -2.23. The standard InChI is InChI=1S/C15H19FN2/c1-11-14(16)7-13(9-17)8-15(11)18-10-12-5-3-2-4-6-12/h7-8,12,18H,2-6,10H2,1H3. The molecule has 1 aliphatic carbocycles. The van der Waals surface area contributed by atoms with Crippen molar-refractivity contribution in [3.05, 3.63) is 29.1 Å². The third kappa shape index (κ3) is 3.01. The molecule has 0 bridgehead atoms. The lowest BCUT2D eigenvalue weighted by atomic mass is 9.89. The van der Waals surface area contributed by atoms with Crippen LogP contribution in [-0.2, 0) is 0 Å². The molecule has 0 aromatic heterocycles. The zero-order valence-corrected chi connectivity index (χ0v) is 10.8. The van der Waals surface area contributed by atoms with Crippen LogP contribution in [0.5, 0.6) is 0 Å². The fraction of sp³-hybridized carbons (Fsp3) is 0.533. The van der Waals surface area contributed by atoms with Crippen molar-refractivity contribution in [1.82, 2.24) is 0 Å². The summed E-state index contributed by atoms with van der Waals surface area (Å²) >= 11 is 0. The van der Waals surface area contributed by atoms with Gasteiger partial charge in [-0.05, 0) is 37.8 Å². The minimum atomic E-state index is -0.305. The second-order valence-corrected chi connectivity index (χ2v) is 5.13. The highest BCUT2D eigenvalue weighted by atomic mass is 19.1. The molecule has 3 heteroatoms. The molecule has 2 nitrogen and oxygen atoms in total. The smallest absolute Gasteiger partial charge is 0.129 e. The Morgan fingerprint density at radius 1 is 1.33 bits per heavy atom. The molecule has 1 aliphatic rings. The molecule has 0 saturated heterocycles. The number of rotatable bonds is 3. The highest BCUT2D eigenvalue weighted by molar-refractivity contribution is 5.55. The maximum absolute atomic E-state index is 13.6. The Labute approximate surface area is 108 Å². The normalized spacial score (nSPS) is 16.3. The predicted molar refractivity (Wildman–Crippen MR) is 70.9 cm³/mol. The van der Waals surface area contributed by atoms with Crippen molar-refractivity contribution in [1.29, 1.82) is 5.26 Å². The van der Waals surface area contributed by atoms with Crippen LogP contribution >= 0.6 is 0 Å². The van der Waals surface area contributed by atoms with Crippen LogP contribution in [0.25, 0.3) is 0 Å². The van der Waals surface area contributed by atoms with Crippen LogP contribution in [-0.4, -0.2) is 6.54 Å². The summed E-state index contributed by atoms with van der Waals surface area (Å²) in [5.74, 6) is 0.382. The number of hydrogen-bond donors (Lipinski definition) is 1. The van der Waals surface area contributed by atoms with Gasteiger partial charge in [0, 0.05) is 17.8 Å². The fourth-order valence-corrected chi connectivity index (χ4v) is 2.57. The van der Waals surface area contributed by atoms with E-state index >= 15 is 0 Å². The number of hydrogen-bond acceptors (Lipinski definition) is 2. The summed E-state index contributed by atoms with van der Waals surface area (Å²) < 4.78 is 13.6. The molecule has 0 amide bonds. The summed E-state index contributed by atoms with van der Waals surface area (Å²) in [6.07, 6.45) is 6.46. The number of anilines is 1. The van der Waals surface area contributed by atoms with Gasteiger partial charge in [-0.3, -0.25) is 0 Å². The Balaban J connectivity index is 2.04. The second kappa shape index (κ2) is 5.86. The van der Waals surface area contributed by atoms with Crippen LogP contribution in [0, 0.1) is 30.0 Å². The van der Waals surface area contributed by atoms with Crippen LogP contribution in [0.4, 0.5) is 10.1 Å². The molecular weight excluding hydrogens is 227 g/mol. The minimum absolute atomic E-state index is 0.305. The van der Waals surface area contributed by atoms with Crippen molar-refractivity contribution in [2.24, 2.45) is 5.92 Å². The van der Waals surface area contributed by atoms with E-state index in [0.717, 1.165) is 12.2 Å². The number of nitriles is 1. The predicted octanol–water partition coefficient (Wildman–Crippen LogP) is 4.00. The zero-order chi connectivity index (χ0) is 13.0. The van der Waals surface area contributed by atoms with Crippen LogP contribution in [0.3, 0.4) is 0 Å². The molecule has 2 rings (SSSR count). The fourth-order valence-electron chi connectivity index (χ4n) is 2.57. The molecule has 0 spiro atoms. The van der Waals surface area contributed by atoms with Gasteiger partial charge in [-0.1, -0.05) is 19.3 Å². The third-order valence-corrected chi connectivity index (χ3v) is 3.78. The van der Waals surface area contributed by atoms with Crippen molar-refractivity contribution in [3.63, 3.8) is 0 Å². The van der Waals surface area contributed by atoms with Crippen LogP contribution in [0.1, 0.15) is 43.2 Å². The highest BCUT2D eigenvalue weighted by Crippen LogP contribution is 2.25. The van der Waals surface area contributed by atoms with E-state index < -0.39 is 0 Å².